The number of nitrogens with zero attached hydrogens (tertiary/aromatic N) is 3. The predicted molar refractivity (Wildman–Crippen MR) is 116 cm³/mol. The van der Waals surface area contributed by atoms with Crippen LogP contribution in [0.15, 0.2) is 60.8 Å². The first-order chi connectivity index (χ1) is 13.7. The first-order valence-corrected chi connectivity index (χ1v) is 9.48. The Balaban J connectivity index is 0.00000240. The quantitative estimate of drug-likeness (QED) is 0.697. The second-order valence-corrected chi connectivity index (χ2v) is 7.05. The van der Waals surface area contributed by atoms with Gasteiger partial charge in [-0.25, -0.2) is 4.68 Å². The van der Waals surface area contributed by atoms with Crippen molar-refractivity contribution in [2.75, 3.05) is 26.7 Å². The summed E-state index contributed by atoms with van der Waals surface area (Å²) in [5.41, 5.74) is 8.81. The number of para-hydroxylation sites is 1. The average Bonchev–Trinajstić information content (AvgIpc) is 3.41. The minimum Gasteiger partial charge on any atom is -0.497 e. The Kier molecular flexibility index (Phi) is 6.56. The van der Waals surface area contributed by atoms with Gasteiger partial charge in [-0.1, -0.05) is 30.3 Å². The fourth-order valence-corrected chi connectivity index (χ4v) is 3.61. The molecule has 2 heterocycles. The largest absolute Gasteiger partial charge is 0.497 e. The molecule has 3 aromatic rings. The summed E-state index contributed by atoms with van der Waals surface area (Å²) in [6, 6.07) is 17.4. The third-order valence-electron chi connectivity index (χ3n) is 5.21. The lowest BCUT2D eigenvalue weighted by molar-refractivity contribution is 0.0788. The Bertz CT molecular complexity index is 974. The fraction of sp³-hybridized carbons (Fsp3) is 0.273. The first kappa shape index (κ1) is 20.9. The van der Waals surface area contributed by atoms with E-state index < -0.39 is 0 Å². The predicted octanol–water partition coefficient (Wildman–Crippen LogP) is 3.39. The van der Waals surface area contributed by atoms with Gasteiger partial charge in [-0.3, -0.25) is 4.79 Å². The van der Waals surface area contributed by atoms with E-state index in [2.05, 4.69) is 0 Å². The summed E-state index contributed by atoms with van der Waals surface area (Å²) < 4.78 is 7.12. The van der Waals surface area contributed by atoms with E-state index in [1.165, 1.54) is 0 Å². The lowest BCUT2D eigenvalue weighted by Gasteiger charge is -2.16. The number of likely N-dealkylation sites (tertiary alicyclic amines) is 1. The van der Waals surface area contributed by atoms with E-state index >= 15 is 0 Å². The number of hydrogen-bond acceptors (Lipinski definition) is 4. The second kappa shape index (κ2) is 9.11. The molecule has 152 valence electrons. The highest BCUT2D eigenvalue weighted by Gasteiger charge is 2.29. The number of ether oxygens (including phenoxy) is 1. The highest BCUT2D eigenvalue weighted by atomic mass is 35.5. The molecule has 0 radical (unpaired) electrons. The van der Waals surface area contributed by atoms with Crippen molar-refractivity contribution >= 4 is 18.3 Å². The van der Waals surface area contributed by atoms with Gasteiger partial charge in [0.15, 0.2) is 0 Å². The third kappa shape index (κ3) is 4.28. The van der Waals surface area contributed by atoms with Crippen LogP contribution in [0.5, 0.6) is 5.75 Å². The Hall–Kier alpha value is -2.83. The smallest absolute Gasteiger partial charge is 0.257 e. The summed E-state index contributed by atoms with van der Waals surface area (Å²) in [7, 11) is 1.63. The van der Waals surface area contributed by atoms with E-state index in [1.807, 2.05) is 65.7 Å². The molecule has 1 amide bonds. The van der Waals surface area contributed by atoms with Crippen LogP contribution in [0.3, 0.4) is 0 Å². The van der Waals surface area contributed by atoms with Crippen molar-refractivity contribution in [3.05, 3.63) is 66.4 Å². The zero-order valence-corrected chi connectivity index (χ0v) is 17.1. The minimum absolute atomic E-state index is 0. The number of methoxy groups -OCH3 is 1. The maximum Gasteiger partial charge on any atom is 0.257 e. The van der Waals surface area contributed by atoms with Gasteiger partial charge in [0, 0.05) is 24.8 Å². The number of aromatic nitrogens is 2. The standard InChI is InChI=1S/C22H24N4O2.ClH/c1-28-19-9-5-6-17(12-19)21-20(22(27)25-11-10-16(13-23)14-25)15-26(24-21)18-7-3-2-4-8-18;/h2-9,12,15-16H,10-11,13-14,23H2,1H3;1H. The molecule has 0 saturated carbocycles. The fourth-order valence-electron chi connectivity index (χ4n) is 3.61. The molecule has 1 fully saturated rings. The number of benzene rings is 2. The summed E-state index contributed by atoms with van der Waals surface area (Å²) in [5.74, 6) is 1.10. The maximum atomic E-state index is 13.3. The molecule has 1 aliphatic heterocycles. The molecule has 6 nitrogen and oxygen atoms in total. The van der Waals surface area contributed by atoms with Crippen LogP contribution in [0.1, 0.15) is 16.8 Å². The van der Waals surface area contributed by atoms with Gasteiger partial charge in [0.2, 0.25) is 0 Å². The first-order valence-electron chi connectivity index (χ1n) is 9.48. The average molecular weight is 413 g/mol. The topological polar surface area (TPSA) is 73.4 Å². The summed E-state index contributed by atoms with van der Waals surface area (Å²) in [4.78, 5) is 15.2. The number of amides is 1. The molecule has 0 bridgehead atoms. The van der Waals surface area contributed by atoms with E-state index in [0.717, 1.165) is 30.0 Å². The number of rotatable bonds is 5. The van der Waals surface area contributed by atoms with Crippen LogP contribution in [0.25, 0.3) is 16.9 Å². The molecule has 7 heteroatoms. The van der Waals surface area contributed by atoms with Crippen molar-refractivity contribution < 1.29 is 9.53 Å². The Morgan fingerprint density at radius 2 is 2.00 bits per heavy atom. The third-order valence-corrected chi connectivity index (χ3v) is 5.21. The molecule has 1 aromatic heterocycles. The van der Waals surface area contributed by atoms with Crippen molar-refractivity contribution in [1.29, 1.82) is 0 Å². The molecule has 29 heavy (non-hydrogen) atoms. The van der Waals surface area contributed by atoms with E-state index in [-0.39, 0.29) is 18.3 Å². The Labute approximate surface area is 176 Å². The van der Waals surface area contributed by atoms with Crippen LogP contribution in [0.4, 0.5) is 0 Å². The summed E-state index contributed by atoms with van der Waals surface area (Å²) >= 11 is 0. The maximum absolute atomic E-state index is 13.3. The molecule has 0 spiro atoms. The van der Waals surface area contributed by atoms with Gasteiger partial charge in [0.25, 0.3) is 5.91 Å². The van der Waals surface area contributed by atoms with E-state index in [4.69, 9.17) is 15.6 Å². The molecule has 2 N–H and O–H groups in total. The molecular weight excluding hydrogens is 388 g/mol. The number of halogens is 1. The van der Waals surface area contributed by atoms with Gasteiger partial charge in [-0.2, -0.15) is 5.10 Å². The molecular formula is C22H25ClN4O2. The molecule has 0 aliphatic carbocycles. The second-order valence-electron chi connectivity index (χ2n) is 7.05. The van der Waals surface area contributed by atoms with Crippen molar-refractivity contribution in [3.63, 3.8) is 0 Å². The Morgan fingerprint density at radius 3 is 2.69 bits per heavy atom. The SMILES string of the molecule is COc1cccc(-c2nn(-c3ccccc3)cc2C(=O)N2CCC(CN)C2)c1.Cl. The number of hydrogen-bond donors (Lipinski definition) is 1. The molecule has 2 aromatic carbocycles. The molecule has 1 atom stereocenters. The molecule has 1 unspecified atom stereocenters. The lowest BCUT2D eigenvalue weighted by atomic mass is 10.1. The van der Waals surface area contributed by atoms with Crippen LogP contribution in [0, 0.1) is 5.92 Å². The van der Waals surface area contributed by atoms with Gasteiger partial charge >= 0.3 is 0 Å². The van der Waals surface area contributed by atoms with E-state index in [1.54, 1.807) is 11.8 Å². The van der Waals surface area contributed by atoms with E-state index in [9.17, 15) is 4.79 Å². The van der Waals surface area contributed by atoms with Gasteiger partial charge in [0.05, 0.1) is 18.4 Å². The van der Waals surface area contributed by atoms with Gasteiger partial charge in [0.1, 0.15) is 11.4 Å². The van der Waals surface area contributed by atoms with Crippen LogP contribution >= 0.6 is 12.4 Å². The zero-order valence-electron chi connectivity index (χ0n) is 16.3. The summed E-state index contributed by atoms with van der Waals surface area (Å²) in [6.45, 7) is 2.04. The minimum atomic E-state index is -0.00375. The molecule has 1 saturated heterocycles. The van der Waals surface area contributed by atoms with Crippen LogP contribution < -0.4 is 10.5 Å². The van der Waals surface area contributed by atoms with Crippen molar-refractivity contribution in [1.82, 2.24) is 14.7 Å². The van der Waals surface area contributed by atoms with Crippen molar-refractivity contribution in [3.8, 4) is 22.7 Å². The highest BCUT2D eigenvalue weighted by molar-refractivity contribution is 6.00. The number of nitrogens with two attached hydrogens (primary N) is 1. The lowest BCUT2D eigenvalue weighted by Crippen LogP contribution is -2.30. The summed E-state index contributed by atoms with van der Waals surface area (Å²) in [5, 5.41) is 4.75. The number of carbonyl (C=O) groups is 1. The van der Waals surface area contributed by atoms with Gasteiger partial charge < -0.3 is 15.4 Å². The molecule has 1 aliphatic rings. The van der Waals surface area contributed by atoms with Crippen molar-refractivity contribution in [2.45, 2.75) is 6.42 Å². The van der Waals surface area contributed by atoms with Crippen molar-refractivity contribution in [2.24, 2.45) is 11.7 Å². The van der Waals surface area contributed by atoms with Crippen LogP contribution in [-0.4, -0.2) is 47.3 Å². The normalized spacial score (nSPS) is 15.8. The van der Waals surface area contributed by atoms with Crippen LogP contribution in [0.2, 0.25) is 0 Å². The van der Waals surface area contributed by atoms with Gasteiger partial charge in [-0.15, -0.1) is 12.4 Å². The monoisotopic (exact) mass is 412 g/mol. The van der Waals surface area contributed by atoms with Crippen LogP contribution in [-0.2, 0) is 0 Å². The highest BCUT2D eigenvalue weighted by Crippen LogP contribution is 2.29. The zero-order chi connectivity index (χ0) is 19.5. The summed E-state index contributed by atoms with van der Waals surface area (Å²) in [6.07, 6.45) is 2.77. The Morgan fingerprint density at radius 1 is 1.21 bits per heavy atom. The molecule has 4 rings (SSSR count). The van der Waals surface area contributed by atoms with Gasteiger partial charge in [-0.05, 0) is 43.1 Å². The number of carbonyl (C=O) groups excluding carboxylic acids is 1. The van der Waals surface area contributed by atoms with E-state index in [0.29, 0.717) is 30.3 Å².